The van der Waals surface area contributed by atoms with Gasteiger partial charge in [0, 0.05) is 16.2 Å². The second-order valence-corrected chi connectivity index (χ2v) is 4.22. The van der Waals surface area contributed by atoms with E-state index in [4.69, 9.17) is 5.73 Å². The third-order valence-electron chi connectivity index (χ3n) is 2.24. The largest absolute Gasteiger partial charge is 0.366 e. The lowest BCUT2D eigenvalue weighted by Crippen LogP contribution is -2.09. The lowest BCUT2D eigenvalue weighted by atomic mass is 10.2. The van der Waals surface area contributed by atoms with Crippen molar-refractivity contribution in [1.29, 1.82) is 0 Å². The first-order chi connectivity index (χ1) is 8.11. The van der Waals surface area contributed by atoms with E-state index in [-0.39, 0.29) is 0 Å². The zero-order chi connectivity index (χ0) is 12.4. The van der Waals surface area contributed by atoms with Gasteiger partial charge in [-0.05, 0) is 34.1 Å². The summed E-state index contributed by atoms with van der Waals surface area (Å²) in [5.41, 5.74) is 6.75. The predicted molar refractivity (Wildman–Crippen MR) is 65.2 cm³/mol. The van der Waals surface area contributed by atoms with Crippen molar-refractivity contribution >= 4 is 28.1 Å². The molecule has 1 amide bonds. The van der Waals surface area contributed by atoms with Gasteiger partial charge in [0.15, 0.2) is 6.29 Å². The zero-order valence-electron chi connectivity index (χ0n) is 8.63. The molecule has 1 aromatic heterocycles. The summed E-state index contributed by atoms with van der Waals surface area (Å²) in [5.74, 6) is -0.528. The van der Waals surface area contributed by atoms with Crippen LogP contribution in [-0.2, 0) is 0 Å². The molecule has 17 heavy (non-hydrogen) atoms. The highest BCUT2D eigenvalue weighted by molar-refractivity contribution is 9.10. The molecule has 0 saturated carbocycles. The van der Waals surface area contributed by atoms with Crippen LogP contribution < -0.4 is 5.73 Å². The van der Waals surface area contributed by atoms with Crippen molar-refractivity contribution < 1.29 is 9.59 Å². The summed E-state index contributed by atoms with van der Waals surface area (Å²) in [6, 6.07) is 5.13. The number of carbonyl (C=O) groups excluding carboxylic acids is 2. The molecule has 86 valence electrons. The van der Waals surface area contributed by atoms with E-state index >= 15 is 0 Å². The molecule has 0 aliphatic rings. The second-order valence-electron chi connectivity index (χ2n) is 3.36. The van der Waals surface area contributed by atoms with Crippen LogP contribution >= 0.6 is 15.9 Å². The van der Waals surface area contributed by atoms with Gasteiger partial charge in [0.25, 0.3) is 5.91 Å². The normalized spacial score (nSPS) is 10.2. The van der Waals surface area contributed by atoms with Crippen molar-refractivity contribution in [3.05, 3.63) is 46.2 Å². The number of aromatic nitrogens is 2. The van der Waals surface area contributed by atoms with E-state index in [1.807, 2.05) is 0 Å². The Hall–Kier alpha value is -1.95. The van der Waals surface area contributed by atoms with E-state index in [0.717, 1.165) is 12.0 Å². The number of nitrogens with zero attached hydrogens (tertiary/aromatic N) is 2. The summed E-state index contributed by atoms with van der Waals surface area (Å²) in [6.07, 6.45) is 3.68. The molecule has 2 aromatic rings. The van der Waals surface area contributed by atoms with Crippen LogP contribution in [0.15, 0.2) is 35.1 Å². The summed E-state index contributed by atoms with van der Waals surface area (Å²) >= 11 is 3.28. The van der Waals surface area contributed by atoms with Crippen molar-refractivity contribution in [3.63, 3.8) is 0 Å². The third-order valence-corrected chi connectivity index (χ3v) is 2.93. The molecule has 0 atom stereocenters. The SMILES string of the molecule is NC(=O)c1cnn(-c2ccc(C=O)c(Br)c2)c1. The smallest absolute Gasteiger partial charge is 0.251 e. The Kier molecular flexibility index (Phi) is 3.06. The summed E-state index contributed by atoms with van der Waals surface area (Å²) < 4.78 is 2.18. The summed E-state index contributed by atoms with van der Waals surface area (Å²) in [4.78, 5) is 21.6. The van der Waals surface area contributed by atoms with Crippen molar-refractivity contribution in [2.45, 2.75) is 0 Å². The predicted octanol–water partition coefficient (Wildman–Crippen LogP) is 1.55. The standard InChI is InChI=1S/C11H8BrN3O2/c12-10-3-9(2-1-7(10)6-16)15-5-8(4-14-15)11(13)17/h1-6H,(H2,13,17). The van der Waals surface area contributed by atoms with Crippen LogP contribution in [-0.4, -0.2) is 22.0 Å². The number of rotatable bonds is 3. The third kappa shape index (κ3) is 2.26. The van der Waals surface area contributed by atoms with Crippen LogP contribution in [0.1, 0.15) is 20.7 Å². The Bertz CT molecular complexity index is 592. The first-order valence-electron chi connectivity index (χ1n) is 4.71. The molecule has 2 rings (SSSR count). The highest BCUT2D eigenvalue weighted by atomic mass is 79.9. The molecule has 1 heterocycles. The van der Waals surface area contributed by atoms with Gasteiger partial charge in [-0.3, -0.25) is 9.59 Å². The topological polar surface area (TPSA) is 78.0 Å². The lowest BCUT2D eigenvalue weighted by molar-refractivity contribution is 0.1000. The molecule has 0 aliphatic carbocycles. The second kappa shape index (κ2) is 4.50. The monoisotopic (exact) mass is 293 g/mol. The summed E-state index contributed by atoms with van der Waals surface area (Å²) in [7, 11) is 0. The fraction of sp³-hybridized carbons (Fsp3) is 0. The van der Waals surface area contributed by atoms with E-state index < -0.39 is 5.91 Å². The van der Waals surface area contributed by atoms with Crippen LogP contribution in [0.25, 0.3) is 5.69 Å². The van der Waals surface area contributed by atoms with E-state index in [9.17, 15) is 9.59 Å². The molecule has 0 aliphatic heterocycles. The maximum atomic E-state index is 10.9. The molecule has 0 radical (unpaired) electrons. The lowest BCUT2D eigenvalue weighted by Gasteiger charge is -2.03. The fourth-order valence-electron chi connectivity index (χ4n) is 1.35. The zero-order valence-corrected chi connectivity index (χ0v) is 10.2. The molecular formula is C11H8BrN3O2. The molecule has 0 unspecified atom stereocenters. The van der Waals surface area contributed by atoms with Gasteiger partial charge in [-0.1, -0.05) is 0 Å². The van der Waals surface area contributed by atoms with Crippen molar-refractivity contribution in [2.24, 2.45) is 5.73 Å². The molecule has 0 saturated heterocycles. The van der Waals surface area contributed by atoms with Crippen LogP contribution in [0, 0.1) is 0 Å². The number of nitrogens with two attached hydrogens (primary N) is 1. The number of aldehydes is 1. The van der Waals surface area contributed by atoms with Gasteiger partial charge in [-0.2, -0.15) is 5.10 Å². The highest BCUT2D eigenvalue weighted by Crippen LogP contribution is 2.19. The number of amides is 1. The number of carbonyl (C=O) groups is 2. The number of halogens is 1. The fourth-order valence-corrected chi connectivity index (χ4v) is 1.81. The minimum atomic E-state index is -0.528. The Morgan fingerprint density at radius 1 is 1.47 bits per heavy atom. The minimum Gasteiger partial charge on any atom is -0.366 e. The van der Waals surface area contributed by atoms with E-state index in [0.29, 0.717) is 15.6 Å². The van der Waals surface area contributed by atoms with Gasteiger partial charge in [0.05, 0.1) is 17.4 Å². The molecule has 0 bridgehead atoms. The average Bonchev–Trinajstić information content (AvgIpc) is 2.78. The number of hydrogen-bond donors (Lipinski definition) is 1. The number of primary amides is 1. The van der Waals surface area contributed by atoms with Crippen molar-refractivity contribution in [3.8, 4) is 5.69 Å². The van der Waals surface area contributed by atoms with Crippen molar-refractivity contribution in [1.82, 2.24) is 9.78 Å². The number of hydrogen-bond acceptors (Lipinski definition) is 3. The quantitative estimate of drug-likeness (QED) is 0.872. The average molecular weight is 294 g/mol. The van der Waals surface area contributed by atoms with Gasteiger partial charge >= 0.3 is 0 Å². The molecule has 6 heteroatoms. The molecule has 0 spiro atoms. The molecule has 5 nitrogen and oxygen atoms in total. The Balaban J connectivity index is 2.42. The van der Waals surface area contributed by atoms with Gasteiger partial charge < -0.3 is 5.73 Å². The van der Waals surface area contributed by atoms with Gasteiger partial charge in [0.2, 0.25) is 0 Å². The first kappa shape index (κ1) is 11.5. The van der Waals surface area contributed by atoms with Crippen LogP contribution in [0.3, 0.4) is 0 Å². The van der Waals surface area contributed by atoms with Crippen LogP contribution in [0.2, 0.25) is 0 Å². The molecular weight excluding hydrogens is 286 g/mol. The van der Waals surface area contributed by atoms with E-state index in [2.05, 4.69) is 21.0 Å². The Morgan fingerprint density at radius 3 is 2.76 bits per heavy atom. The Labute approximate surface area is 105 Å². The Morgan fingerprint density at radius 2 is 2.24 bits per heavy atom. The van der Waals surface area contributed by atoms with Gasteiger partial charge in [-0.15, -0.1) is 0 Å². The molecule has 2 N–H and O–H groups in total. The summed E-state index contributed by atoms with van der Waals surface area (Å²) in [6.45, 7) is 0. The molecule has 0 fully saturated rings. The van der Waals surface area contributed by atoms with Gasteiger partial charge in [-0.25, -0.2) is 4.68 Å². The minimum absolute atomic E-state index is 0.334. The highest BCUT2D eigenvalue weighted by Gasteiger charge is 2.07. The van der Waals surface area contributed by atoms with E-state index in [1.165, 1.54) is 17.1 Å². The maximum Gasteiger partial charge on any atom is 0.251 e. The van der Waals surface area contributed by atoms with Crippen LogP contribution in [0.5, 0.6) is 0 Å². The van der Waals surface area contributed by atoms with Crippen molar-refractivity contribution in [2.75, 3.05) is 0 Å². The maximum absolute atomic E-state index is 10.9. The first-order valence-corrected chi connectivity index (χ1v) is 5.50. The summed E-state index contributed by atoms with van der Waals surface area (Å²) in [5, 5.41) is 4.01. The van der Waals surface area contributed by atoms with Crippen LogP contribution in [0.4, 0.5) is 0 Å². The van der Waals surface area contributed by atoms with E-state index in [1.54, 1.807) is 18.2 Å². The van der Waals surface area contributed by atoms with Gasteiger partial charge in [0.1, 0.15) is 0 Å². The molecule has 1 aromatic carbocycles. The number of benzene rings is 1.